The van der Waals surface area contributed by atoms with E-state index in [2.05, 4.69) is 31.1 Å². The number of nitrogens with zero attached hydrogens (tertiary/aromatic N) is 2. The second kappa shape index (κ2) is 8.93. The van der Waals surface area contributed by atoms with E-state index >= 15 is 0 Å². The van der Waals surface area contributed by atoms with Crippen LogP contribution in [0.2, 0.25) is 0 Å². The first-order valence-electron chi connectivity index (χ1n) is 10.0. The number of hydrogen-bond donors (Lipinski definition) is 1. The maximum atomic E-state index is 12.7. The highest BCUT2D eigenvalue weighted by Gasteiger charge is 2.25. The lowest BCUT2D eigenvalue weighted by molar-refractivity contribution is -0.116. The van der Waals surface area contributed by atoms with Crippen LogP contribution in [0.15, 0.2) is 34.5 Å². The Morgan fingerprint density at radius 1 is 1.14 bits per heavy atom. The molecule has 0 atom stereocenters. The number of aryl methyl sites for hydroxylation is 1. The van der Waals surface area contributed by atoms with Crippen molar-refractivity contribution in [3.63, 3.8) is 0 Å². The minimum atomic E-state index is -3.41. The molecule has 0 spiro atoms. The number of sulfonamides is 1. The Hall–Kier alpha value is -1.77. The van der Waals surface area contributed by atoms with Gasteiger partial charge in [0.2, 0.25) is 15.9 Å². The van der Waals surface area contributed by atoms with E-state index < -0.39 is 10.0 Å². The second-order valence-corrected chi connectivity index (χ2v) is 11.2. The fraction of sp³-hybridized carbons (Fsp3) is 0.524. The van der Waals surface area contributed by atoms with Crippen molar-refractivity contribution in [3.05, 3.63) is 40.9 Å². The lowest BCUT2D eigenvalue weighted by atomic mass is 9.93. The van der Waals surface area contributed by atoms with E-state index in [0.717, 1.165) is 30.5 Å². The van der Waals surface area contributed by atoms with Crippen LogP contribution < -0.4 is 5.32 Å². The van der Waals surface area contributed by atoms with Gasteiger partial charge in [0.1, 0.15) is 0 Å². The van der Waals surface area contributed by atoms with Gasteiger partial charge in [-0.2, -0.15) is 4.31 Å². The molecule has 1 aliphatic rings. The van der Waals surface area contributed by atoms with Crippen molar-refractivity contribution in [2.24, 2.45) is 0 Å². The van der Waals surface area contributed by atoms with E-state index in [4.69, 9.17) is 0 Å². The summed E-state index contributed by atoms with van der Waals surface area (Å²) in [5, 5.41) is 5.43. The summed E-state index contributed by atoms with van der Waals surface area (Å²) < 4.78 is 27.0. The van der Waals surface area contributed by atoms with Gasteiger partial charge < -0.3 is 5.32 Å². The molecule has 29 heavy (non-hydrogen) atoms. The van der Waals surface area contributed by atoms with E-state index in [9.17, 15) is 13.2 Å². The van der Waals surface area contributed by atoms with Crippen molar-refractivity contribution < 1.29 is 13.2 Å². The van der Waals surface area contributed by atoms with Crippen molar-refractivity contribution in [2.45, 2.75) is 63.2 Å². The number of hydrogen-bond acceptors (Lipinski definition) is 5. The van der Waals surface area contributed by atoms with Crippen LogP contribution >= 0.6 is 11.3 Å². The van der Waals surface area contributed by atoms with Crippen LogP contribution in [-0.4, -0.2) is 36.7 Å². The molecule has 6 nitrogen and oxygen atoms in total. The molecule has 0 bridgehead atoms. The summed E-state index contributed by atoms with van der Waals surface area (Å²) >= 11 is 1.43. The first-order chi connectivity index (χ1) is 13.7. The molecule has 1 aromatic heterocycles. The number of benzene rings is 1. The first kappa shape index (κ1) is 21.9. The zero-order valence-corrected chi connectivity index (χ0v) is 18.9. The number of carbonyl (C=O) groups is 1. The molecule has 0 aliphatic carbocycles. The predicted octanol–water partition coefficient (Wildman–Crippen LogP) is 4.19. The highest BCUT2D eigenvalue weighted by atomic mass is 32.2. The molecule has 1 amide bonds. The third kappa shape index (κ3) is 5.65. The molecule has 1 fully saturated rings. The summed E-state index contributed by atoms with van der Waals surface area (Å²) in [4.78, 5) is 17.0. The number of rotatable bonds is 6. The van der Waals surface area contributed by atoms with Crippen molar-refractivity contribution in [2.75, 3.05) is 18.4 Å². The van der Waals surface area contributed by atoms with Crippen LogP contribution in [0.4, 0.5) is 5.13 Å². The van der Waals surface area contributed by atoms with Gasteiger partial charge in [0.25, 0.3) is 0 Å². The third-order valence-electron chi connectivity index (χ3n) is 5.04. The van der Waals surface area contributed by atoms with Crippen LogP contribution in [0.1, 0.15) is 57.7 Å². The number of anilines is 1. The van der Waals surface area contributed by atoms with Gasteiger partial charge >= 0.3 is 0 Å². The molecule has 158 valence electrons. The standard InChI is InChI=1S/C21H29N3O3S2/c1-21(2,3)18-15-28-20(22-18)23-19(25)12-9-16-7-10-17(11-8-16)29(26,27)24-13-5-4-6-14-24/h7-8,10-11,15H,4-6,9,12-14H2,1-3H3,(H,22,23,25). The zero-order chi connectivity index (χ0) is 21.1. The number of amides is 1. The number of thiazole rings is 1. The average molecular weight is 436 g/mol. The summed E-state index contributed by atoms with van der Waals surface area (Å²) in [6, 6.07) is 6.89. The summed E-state index contributed by atoms with van der Waals surface area (Å²) in [7, 11) is -3.41. The van der Waals surface area contributed by atoms with Gasteiger partial charge in [-0.15, -0.1) is 11.3 Å². The maximum absolute atomic E-state index is 12.7. The molecular formula is C21H29N3O3S2. The third-order valence-corrected chi connectivity index (χ3v) is 7.71. The highest BCUT2D eigenvalue weighted by molar-refractivity contribution is 7.89. The van der Waals surface area contributed by atoms with Crippen LogP contribution in [0.5, 0.6) is 0 Å². The topological polar surface area (TPSA) is 79.4 Å². The number of nitrogens with one attached hydrogen (secondary N) is 1. The van der Waals surface area contributed by atoms with Crippen molar-refractivity contribution in [1.82, 2.24) is 9.29 Å². The van der Waals surface area contributed by atoms with Crippen molar-refractivity contribution in [1.29, 1.82) is 0 Å². The van der Waals surface area contributed by atoms with Crippen molar-refractivity contribution in [3.8, 4) is 0 Å². The maximum Gasteiger partial charge on any atom is 0.243 e. The minimum absolute atomic E-state index is 0.0459. The molecule has 2 aromatic rings. The predicted molar refractivity (Wildman–Crippen MR) is 117 cm³/mol. The molecule has 3 rings (SSSR count). The summed E-state index contributed by atoms with van der Waals surface area (Å²) in [5.41, 5.74) is 1.85. The molecule has 1 aliphatic heterocycles. The number of piperidine rings is 1. The van der Waals surface area contributed by atoms with Crippen LogP contribution in [0, 0.1) is 0 Å². The van der Waals surface area contributed by atoms with E-state index in [1.807, 2.05) is 5.38 Å². The molecule has 0 unspecified atom stereocenters. The van der Waals surface area contributed by atoms with E-state index in [0.29, 0.717) is 36.0 Å². The van der Waals surface area contributed by atoms with Gasteiger partial charge in [0.15, 0.2) is 5.13 Å². The van der Waals surface area contributed by atoms with Gasteiger partial charge in [0.05, 0.1) is 10.6 Å². The average Bonchev–Trinajstić information content (AvgIpc) is 3.16. The summed E-state index contributed by atoms with van der Waals surface area (Å²) in [6.45, 7) is 7.45. The monoisotopic (exact) mass is 435 g/mol. The first-order valence-corrected chi connectivity index (χ1v) is 12.3. The smallest absolute Gasteiger partial charge is 0.243 e. The SMILES string of the molecule is CC(C)(C)c1csc(NC(=O)CCc2ccc(S(=O)(=O)N3CCCCC3)cc2)n1. The van der Waals surface area contributed by atoms with Gasteiger partial charge in [0, 0.05) is 30.3 Å². The minimum Gasteiger partial charge on any atom is -0.302 e. The van der Waals surface area contributed by atoms with Gasteiger partial charge in [-0.1, -0.05) is 39.3 Å². The summed E-state index contributed by atoms with van der Waals surface area (Å²) in [6.07, 6.45) is 3.80. The molecule has 1 saturated heterocycles. The van der Waals surface area contributed by atoms with Crippen LogP contribution in [-0.2, 0) is 26.7 Å². The Morgan fingerprint density at radius 2 is 1.79 bits per heavy atom. The summed E-state index contributed by atoms with van der Waals surface area (Å²) in [5.74, 6) is -0.0928. The normalized spacial score (nSPS) is 16.0. The Morgan fingerprint density at radius 3 is 2.38 bits per heavy atom. The quantitative estimate of drug-likeness (QED) is 0.738. The van der Waals surface area contributed by atoms with E-state index in [1.165, 1.54) is 11.3 Å². The Balaban J connectivity index is 1.54. The molecule has 0 saturated carbocycles. The Labute approximate surface area is 177 Å². The molecule has 8 heteroatoms. The Bertz CT molecular complexity index is 938. The highest BCUT2D eigenvalue weighted by Crippen LogP contribution is 2.26. The van der Waals surface area contributed by atoms with Crippen LogP contribution in [0.25, 0.3) is 0 Å². The van der Waals surface area contributed by atoms with Crippen molar-refractivity contribution >= 4 is 32.4 Å². The Kier molecular flexibility index (Phi) is 6.76. The van der Waals surface area contributed by atoms with Gasteiger partial charge in [-0.3, -0.25) is 4.79 Å². The van der Waals surface area contributed by atoms with E-state index in [-0.39, 0.29) is 11.3 Å². The fourth-order valence-corrected chi connectivity index (χ4v) is 5.67. The molecule has 0 radical (unpaired) electrons. The van der Waals surface area contributed by atoms with Crippen LogP contribution in [0.3, 0.4) is 0 Å². The molecule has 1 aromatic carbocycles. The number of aromatic nitrogens is 1. The fourth-order valence-electron chi connectivity index (χ4n) is 3.20. The largest absolute Gasteiger partial charge is 0.302 e. The molecule has 2 heterocycles. The molecular weight excluding hydrogens is 406 g/mol. The zero-order valence-electron chi connectivity index (χ0n) is 17.3. The second-order valence-electron chi connectivity index (χ2n) is 8.44. The number of carbonyl (C=O) groups excluding carboxylic acids is 1. The van der Waals surface area contributed by atoms with Gasteiger partial charge in [-0.05, 0) is 37.0 Å². The van der Waals surface area contributed by atoms with E-state index in [1.54, 1.807) is 28.6 Å². The lowest BCUT2D eigenvalue weighted by Crippen LogP contribution is -2.35. The van der Waals surface area contributed by atoms with Gasteiger partial charge in [-0.25, -0.2) is 13.4 Å². The lowest BCUT2D eigenvalue weighted by Gasteiger charge is -2.25. The molecule has 1 N–H and O–H groups in total.